The average molecular weight is 331 g/mol. The lowest BCUT2D eigenvalue weighted by Gasteiger charge is -2.29. The largest absolute Gasteiger partial charge is 0.467 e. The van der Waals surface area contributed by atoms with Crippen molar-refractivity contribution in [2.24, 2.45) is 5.92 Å². The summed E-state index contributed by atoms with van der Waals surface area (Å²) >= 11 is 0. The van der Waals surface area contributed by atoms with Crippen LogP contribution in [0.1, 0.15) is 18.6 Å². The molecule has 124 valence electrons. The number of carbonyl (C=O) groups is 3. The van der Waals surface area contributed by atoms with E-state index in [1.165, 1.54) is 18.4 Å². The number of alkyl halides is 3. The molecule has 0 bridgehead atoms. The van der Waals surface area contributed by atoms with Crippen molar-refractivity contribution >= 4 is 17.8 Å². The van der Waals surface area contributed by atoms with Gasteiger partial charge in [0.25, 0.3) is 11.6 Å². The monoisotopic (exact) mass is 331 g/mol. The highest BCUT2D eigenvalue weighted by Crippen LogP contribution is 2.36. The first kappa shape index (κ1) is 15.4. The Labute approximate surface area is 127 Å². The van der Waals surface area contributed by atoms with Crippen LogP contribution >= 0.6 is 0 Å². The summed E-state index contributed by atoms with van der Waals surface area (Å²) in [6.07, 6.45) is -3.00. The van der Waals surface area contributed by atoms with Gasteiger partial charge in [0.1, 0.15) is 5.76 Å². The molecule has 2 heterocycles. The van der Waals surface area contributed by atoms with E-state index in [1.54, 1.807) is 10.6 Å². The standard InChI is InChI=1S/C13H12F3N3O4/c14-13(15,16)12(17-9(20)7-3-4-7)10(21)19(11(22)18-12)6-8-2-1-5-23-8/h1-2,5,7H,3-4,6H2,(H,17,20)(H,18,22)/t12-/m0/s1. The Morgan fingerprint density at radius 3 is 2.65 bits per heavy atom. The van der Waals surface area contributed by atoms with Gasteiger partial charge < -0.3 is 9.73 Å². The first-order valence-corrected chi connectivity index (χ1v) is 6.80. The second-order valence-electron chi connectivity index (χ2n) is 5.41. The molecule has 1 atom stereocenters. The third-order valence-electron chi connectivity index (χ3n) is 3.68. The Morgan fingerprint density at radius 1 is 1.43 bits per heavy atom. The second-order valence-corrected chi connectivity index (χ2v) is 5.41. The van der Waals surface area contributed by atoms with Gasteiger partial charge in [-0.2, -0.15) is 13.2 Å². The molecule has 1 aromatic heterocycles. The van der Waals surface area contributed by atoms with Crippen molar-refractivity contribution in [3.63, 3.8) is 0 Å². The zero-order valence-corrected chi connectivity index (χ0v) is 11.6. The highest BCUT2D eigenvalue weighted by Gasteiger charge is 2.69. The molecular formula is C13H12F3N3O4. The molecule has 0 aromatic carbocycles. The first-order valence-electron chi connectivity index (χ1n) is 6.80. The van der Waals surface area contributed by atoms with Gasteiger partial charge in [-0.05, 0) is 25.0 Å². The van der Waals surface area contributed by atoms with Crippen LogP contribution in [0.25, 0.3) is 0 Å². The zero-order chi connectivity index (χ0) is 16.8. The number of furan rings is 1. The average Bonchev–Trinajstić information content (AvgIpc) is 3.14. The number of carbonyl (C=O) groups excluding carboxylic acids is 3. The molecule has 7 nitrogen and oxygen atoms in total. The summed E-state index contributed by atoms with van der Waals surface area (Å²) in [6, 6.07) is 1.64. The molecule has 1 aromatic rings. The molecule has 2 N–H and O–H groups in total. The molecule has 4 amide bonds. The van der Waals surface area contributed by atoms with Crippen molar-refractivity contribution in [1.29, 1.82) is 0 Å². The molecule has 1 aliphatic heterocycles. The van der Waals surface area contributed by atoms with Gasteiger partial charge in [-0.25, -0.2) is 4.79 Å². The number of nitrogens with zero attached hydrogens (tertiary/aromatic N) is 1. The Morgan fingerprint density at radius 2 is 2.13 bits per heavy atom. The third-order valence-corrected chi connectivity index (χ3v) is 3.68. The summed E-state index contributed by atoms with van der Waals surface area (Å²) < 4.78 is 45.2. The van der Waals surface area contributed by atoms with Crippen molar-refractivity contribution in [2.75, 3.05) is 0 Å². The van der Waals surface area contributed by atoms with E-state index in [0.717, 1.165) is 0 Å². The molecule has 2 aliphatic rings. The fourth-order valence-corrected chi connectivity index (χ4v) is 2.26. The number of halogens is 3. The summed E-state index contributed by atoms with van der Waals surface area (Å²) in [6.45, 7) is -0.463. The summed E-state index contributed by atoms with van der Waals surface area (Å²) in [5, 5.41) is 3.24. The van der Waals surface area contributed by atoms with E-state index in [4.69, 9.17) is 4.42 Å². The third kappa shape index (κ3) is 2.53. The summed E-state index contributed by atoms with van der Waals surface area (Å²) in [5.74, 6) is -2.91. The smallest absolute Gasteiger partial charge is 0.440 e. The highest BCUT2D eigenvalue weighted by molar-refractivity contribution is 6.09. The predicted molar refractivity (Wildman–Crippen MR) is 67.4 cm³/mol. The van der Waals surface area contributed by atoms with E-state index >= 15 is 0 Å². The minimum Gasteiger partial charge on any atom is -0.467 e. The molecule has 1 saturated carbocycles. The van der Waals surface area contributed by atoms with Gasteiger partial charge in [-0.1, -0.05) is 0 Å². The van der Waals surface area contributed by atoms with Crippen LogP contribution in [0, 0.1) is 5.92 Å². The Kier molecular flexibility index (Phi) is 3.34. The van der Waals surface area contributed by atoms with E-state index in [0.29, 0.717) is 17.7 Å². The Bertz CT molecular complexity index is 654. The summed E-state index contributed by atoms with van der Waals surface area (Å²) in [4.78, 5) is 36.2. The lowest BCUT2D eigenvalue weighted by Crippen LogP contribution is -2.69. The number of hydrogen-bond acceptors (Lipinski definition) is 4. The van der Waals surface area contributed by atoms with Crippen LogP contribution in [0.4, 0.5) is 18.0 Å². The van der Waals surface area contributed by atoms with E-state index in [1.807, 2.05) is 0 Å². The van der Waals surface area contributed by atoms with Crippen LogP contribution in [0.3, 0.4) is 0 Å². The molecule has 0 unspecified atom stereocenters. The van der Waals surface area contributed by atoms with E-state index in [2.05, 4.69) is 0 Å². The first-order chi connectivity index (χ1) is 10.7. The van der Waals surface area contributed by atoms with Gasteiger partial charge in [0, 0.05) is 5.92 Å². The molecule has 2 fully saturated rings. The van der Waals surface area contributed by atoms with Crippen LogP contribution in [-0.2, 0) is 16.1 Å². The van der Waals surface area contributed by atoms with Crippen molar-refractivity contribution < 1.29 is 32.0 Å². The molecule has 0 spiro atoms. The number of rotatable bonds is 4. The zero-order valence-electron chi connectivity index (χ0n) is 11.6. The van der Waals surface area contributed by atoms with Gasteiger partial charge in [0.15, 0.2) is 0 Å². The number of imide groups is 1. The van der Waals surface area contributed by atoms with Crippen LogP contribution in [0.15, 0.2) is 22.8 Å². The van der Waals surface area contributed by atoms with Crippen LogP contribution in [-0.4, -0.2) is 34.6 Å². The maximum absolute atomic E-state index is 13.4. The summed E-state index contributed by atoms with van der Waals surface area (Å²) in [5.41, 5.74) is -3.43. The molecule has 3 rings (SSSR count). The minimum atomic E-state index is -5.18. The lowest BCUT2D eigenvalue weighted by molar-refractivity contribution is -0.204. The maximum atomic E-state index is 13.4. The van der Waals surface area contributed by atoms with Crippen molar-refractivity contribution in [3.8, 4) is 0 Å². The molecule has 10 heteroatoms. The quantitative estimate of drug-likeness (QED) is 0.809. The SMILES string of the molecule is O=C(N[C@]1(C(F)(F)F)NC(=O)N(Cc2ccco2)C1=O)C1CC1. The van der Waals surface area contributed by atoms with Gasteiger partial charge in [0.05, 0.1) is 12.8 Å². The van der Waals surface area contributed by atoms with Gasteiger partial charge in [-0.3, -0.25) is 19.8 Å². The molecule has 1 aliphatic carbocycles. The van der Waals surface area contributed by atoms with E-state index in [-0.39, 0.29) is 5.76 Å². The molecule has 0 radical (unpaired) electrons. The van der Waals surface area contributed by atoms with Crippen LogP contribution in [0.2, 0.25) is 0 Å². The predicted octanol–water partition coefficient (Wildman–Crippen LogP) is 1.12. The fourth-order valence-electron chi connectivity index (χ4n) is 2.26. The van der Waals surface area contributed by atoms with Gasteiger partial charge in [-0.15, -0.1) is 0 Å². The number of hydrogen-bond donors (Lipinski definition) is 2. The Balaban J connectivity index is 1.88. The minimum absolute atomic E-state index is 0.139. The summed E-state index contributed by atoms with van der Waals surface area (Å²) in [7, 11) is 0. The van der Waals surface area contributed by atoms with Crippen LogP contribution < -0.4 is 10.6 Å². The lowest BCUT2D eigenvalue weighted by atomic mass is 10.1. The van der Waals surface area contributed by atoms with Crippen molar-refractivity contribution in [3.05, 3.63) is 24.2 Å². The van der Waals surface area contributed by atoms with Crippen molar-refractivity contribution in [1.82, 2.24) is 15.5 Å². The molecule has 1 saturated heterocycles. The second kappa shape index (κ2) is 5.00. The highest BCUT2D eigenvalue weighted by atomic mass is 19.4. The topological polar surface area (TPSA) is 91.7 Å². The van der Waals surface area contributed by atoms with Gasteiger partial charge in [0.2, 0.25) is 5.91 Å². The normalized spacial score (nSPS) is 24.7. The number of nitrogens with one attached hydrogen (secondary N) is 2. The van der Waals surface area contributed by atoms with Crippen molar-refractivity contribution in [2.45, 2.75) is 31.2 Å². The number of amides is 4. The molecule has 23 heavy (non-hydrogen) atoms. The van der Waals surface area contributed by atoms with Gasteiger partial charge >= 0.3 is 12.2 Å². The Hall–Kier alpha value is -2.52. The number of urea groups is 1. The van der Waals surface area contributed by atoms with E-state index in [9.17, 15) is 27.6 Å². The van der Waals surface area contributed by atoms with E-state index < -0.39 is 42.1 Å². The van der Waals surface area contributed by atoms with Crippen LogP contribution in [0.5, 0.6) is 0 Å². The maximum Gasteiger partial charge on any atom is 0.440 e. The fraction of sp³-hybridized carbons (Fsp3) is 0.462. The molecular weight excluding hydrogens is 319 g/mol.